The molecule has 3 atom stereocenters. The van der Waals surface area contributed by atoms with Gasteiger partial charge in [0.2, 0.25) is 0 Å². The van der Waals surface area contributed by atoms with Gasteiger partial charge in [0.15, 0.2) is 5.16 Å². The average Bonchev–Trinajstić information content (AvgIpc) is 3.22. The highest BCUT2D eigenvalue weighted by molar-refractivity contribution is 7.98. The number of aromatic amines is 1. The van der Waals surface area contributed by atoms with E-state index in [1.807, 2.05) is 4.57 Å². The quantitative estimate of drug-likeness (QED) is 0.696. The summed E-state index contributed by atoms with van der Waals surface area (Å²) >= 11 is 1.64. The lowest BCUT2D eigenvalue weighted by Gasteiger charge is -2.20. The van der Waals surface area contributed by atoms with Crippen LogP contribution in [-0.4, -0.2) is 14.8 Å². The maximum Gasteiger partial charge on any atom is 0.344 e. The van der Waals surface area contributed by atoms with Crippen molar-refractivity contribution in [2.45, 2.75) is 36.7 Å². The number of allylic oxidation sites excluding steroid dienone is 2. The minimum atomic E-state index is -0.0719. The molecular weight excluding hydrogens is 294 g/mol. The van der Waals surface area contributed by atoms with Gasteiger partial charge in [-0.25, -0.2) is 9.89 Å². The maximum atomic E-state index is 12.2. The maximum absolute atomic E-state index is 12.2. The van der Waals surface area contributed by atoms with Gasteiger partial charge in [-0.3, -0.25) is 4.57 Å². The average molecular weight is 313 g/mol. The summed E-state index contributed by atoms with van der Waals surface area (Å²) in [5.74, 6) is 1.98. The number of nitrogens with one attached hydrogen (secondary N) is 1. The van der Waals surface area contributed by atoms with E-state index in [-0.39, 0.29) is 11.7 Å². The van der Waals surface area contributed by atoms with Crippen LogP contribution in [0.3, 0.4) is 0 Å². The molecule has 22 heavy (non-hydrogen) atoms. The van der Waals surface area contributed by atoms with Gasteiger partial charge in [0.25, 0.3) is 0 Å². The van der Waals surface area contributed by atoms with Crippen molar-refractivity contribution < 1.29 is 0 Å². The van der Waals surface area contributed by atoms with Crippen LogP contribution in [-0.2, 0) is 5.75 Å². The van der Waals surface area contributed by atoms with Crippen molar-refractivity contribution >= 4 is 11.8 Å². The molecule has 1 aromatic carbocycles. The predicted molar refractivity (Wildman–Crippen MR) is 88.0 cm³/mol. The Kier molecular flexibility index (Phi) is 3.45. The van der Waals surface area contributed by atoms with Crippen LogP contribution < -0.4 is 5.69 Å². The largest absolute Gasteiger partial charge is 0.344 e. The highest BCUT2D eigenvalue weighted by Crippen LogP contribution is 2.46. The third kappa shape index (κ3) is 2.43. The van der Waals surface area contributed by atoms with Crippen LogP contribution in [0.1, 0.15) is 30.0 Å². The molecule has 4 rings (SSSR count). The normalized spacial score (nSPS) is 26.0. The molecule has 1 aromatic heterocycles. The second-order valence-corrected chi connectivity index (χ2v) is 7.25. The standard InChI is InChI=1S/C17H19N3OS/c1-11-2-4-12(5-3-11)10-22-17-19-18-16(21)20(17)15-9-13-6-7-14(15)8-13/h2-7,13-15H,8-10H2,1H3,(H,18,21)/t13-,14+,15-/m1/s1. The Bertz CT molecular complexity index is 759. The van der Waals surface area contributed by atoms with Crippen molar-refractivity contribution in [3.05, 3.63) is 58.0 Å². The highest BCUT2D eigenvalue weighted by Gasteiger charge is 2.38. The zero-order chi connectivity index (χ0) is 15.1. The van der Waals surface area contributed by atoms with E-state index in [0.717, 1.165) is 17.3 Å². The summed E-state index contributed by atoms with van der Waals surface area (Å²) in [6.07, 6.45) is 6.82. The number of aromatic nitrogens is 3. The van der Waals surface area contributed by atoms with Gasteiger partial charge in [0, 0.05) is 11.8 Å². The Morgan fingerprint density at radius 3 is 2.77 bits per heavy atom. The van der Waals surface area contributed by atoms with Gasteiger partial charge >= 0.3 is 5.69 Å². The first-order chi connectivity index (χ1) is 10.7. The Labute approximate surface area is 133 Å². The van der Waals surface area contributed by atoms with Gasteiger partial charge in [-0.15, -0.1) is 5.10 Å². The molecule has 5 heteroatoms. The van der Waals surface area contributed by atoms with Crippen molar-refractivity contribution in [2.24, 2.45) is 11.8 Å². The third-order valence-corrected chi connectivity index (χ3v) is 5.76. The van der Waals surface area contributed by atoms with E-state index in [2.05, 4.69) is 53.5 Å². The molecule has 2 bridgehead atoms. The Hall–Kier alpha value is -1.75. The summed E-state index contributed by atoms with van der Waals surface area (Å²) in [7, 11) is 0. The zero-order valence-electron chi connectivity index (χ0n) is 12.5. The lowest BCUT2D eigenvalue weighted by Crippen LogP contribution is -2.25. The van der Waals surface area contributed by atoms with Crippen LogP contribution in [0.15, 0.2) is 46.4 Å². The fraction of sp³-hybridized carbons (Fsp3) is 0.412. The summed E-state index contributed by atoms with van der Waals surface area (Å²) in [5.41, 5.74) is 2.45. The van der Waals surface area contributed by atoms with E-state index in [1.54, 1.807) is 11.8 Å². The minimum Gasteiger partial charge on any atom is -0.266 e. The molecule has 0 saturated heterocycles. The number of thioether (sulfide) groups is 1. The van der Waals surface area contributed by atoms with Gasteiger partial charge in [0.1, 0.15) is 0 Å². The fourth-order valence-corrected chi connectivity index (χ4v) is 4.52. The van der Waals surface area contributed by atoms with E-state index in [0.29, 0.717) is 11.8 Å². The van der Waals surface area contributed by atoms with E-state index >= 15 is 0 Å². The molecular formula is C17H19N3OS. The molecule has 2 aliphatic carbocycles. The highest BCUT2D eigenvalue weighted by atomic mass is 32.2. The van der Waals surface area contributed by atoms with E-state index in [1.165, 1.54) is 17.5 Å². The topological polar surface area (TPSA) is 50.7 Å². The lowest BCUT2D eigenvalue weighted by atomic mass is 10.0. The van der Waals surface area contributed by atoms with Crippen molar-refractivity contribution in [1.29, 1.82) is 0 Å². The molecule has 0 amide bonds. The molecule has 4 nitrogen and oxygen atoms in total. The van der Waals surface area contributed by atoms with Crippen LogP contribution in [0.25, 0.3) is 0 Å². The first-order valence-corrected chi connectivity index (χ1v) is 8.73. The Balaban J connectivity index is 1.54. The lowest BCUT2D eigenvalue weighted by molar-refractivity contribution is 0.396. The number of rotatable bonds is 4. The van der Waals surface area contributed by atoms with E-state index in [4.69, 9.17) is 0 Å². The number of fused-ring (bicyclic) bond motifs is 2. The molecule has 0 spiro atoms. The summed E-state index contributed by atoms with van der Waals surface area (Å²) in [4.78, 5) is 12.2. The first-order valence-electron chi connectivity index (χ1n) is 7.74. The molecule has 1 saturated carbocycles. The molecule has 114 valence electrons. The van der Waals surface area contributed by atoms with E-state index < -0.39 is 0 Å². The first kappa shape index (κ1) is 13.9. The van der Waals surface area contributed by atoms with Gasteiger partial charge in [-0.1, -0.05) is 53.7 Å². The van der Waals surface area contributed by atoms with Crippen LogP contribution in [0.5, 0.6) is 0 Å². The van der Waals surface area contributed by atoms with Gasteiger partial charge in [-0.05, 0) is 37.2 Å². The molecule has 1 fully saturated rings. The fourth-order valence-electron chi connectivity index (χ4n) is 3.57. The van der Waals surface area contributed by atoms with Crippen LogP contribution in [0.4, 0.5) is 0 Å². The number of hydrogen-bond acceptors (Lipinski definition) is 3. The van der Waals surface area contributed by atoms with Crippen LogP contribution in [0.2, 0.25) is 0 Å². The summed E-state index contributed by atoms with van der Waals surface area (Å²) < 4.78 is 1.88. The number of benzene rings is 1. The molecule has 2 aromatic rings. The second-order valence-electron chi connectivity index (χ2n) is 6.30. The zero-order valence-corrected chi connectivity index (χ0v) is 13.3. The monoisotopic (exact) mass is 313 g/mol. The Morgan fingerprint density at radius 2 is 2.09 bits per heavy atom. The molecule has 0 radical (unpaired) electrons. The van der Waals surface area contributed by atoms with Gasteiger partial charge in [0.05, 0.1) is 0 Å². The number of nitrogens with zero attached hydrogens (tertiary/aromatic N) is 2. The number of hydrogen-bond donors (Lipinski definition) is 1. The molecule has 0 aliphatic heterocycles. The minimum absolute atomic E-state index is 0.0719. The summed E-state index contributed by atoms with van der Waals surface area (Å²) in [5, 5.41) is 7.69. The van der Waals surface area contributed by atoms with Crippen LogP contribution >= 0.6 is 11.8 Å². The van der Waals surface area contributed by atoms with Crippen molar-refractivity contribution in [2.75, 3.05) is 0 Å². The van der Waals surface area contributed by atoms with Crippen LogP contribution in [0, 0.1) is 18.8 Å². The SMILES string of the molecule is Cc1ccc(CSc2n[nH]c(=O)n2[C@@H]2C[C@@H]3C=C[C@H]2C3)cc1. The van der Waals surface area contributed by atoms with Gasteiger partial charge < -0.3 is 0 Å². The molecule has 1 N–H and O–H groups in total. The van der Waals surface area contributed by atoms with E-state index in [9.17, 15) is 4.79 Å². The van der Waals surface area contributed by atoms with Gasteiger partial charge in [-0.2, -0.15) is 0 Å². The number of aryl methyl sites for hydroxylation is 1. The second kappa shape index (κ2) is 5.47. The summed E-state index contributed by atoms with van der Waals surface area (Å²) in [6.45, 7) is 2.09. The molecule has 0 unspecified atom stereocenters. The van der Waals surface area contributed by atoms with Crippen molar-refractivity contribution in [3.63, 3.8) is 0 Å². The third-order valence-electron chi connectivity index (χ3n) is 4.74. The Morgan fingerprint density at radius 1 is 1.27 bits per heavy atom. The molecule has 1 heterocycles. The smallest absolute Gasteiger partial charge is 0.266 e. The summed E-state index contributed by atoms with van der Waals surface area (Å²) in [6, 6.07) is 8.79. The predicted octanol–water partition coefficient (Wildman–Crippen LogP) is 3.31. The van der Waals surface area contributed by atoms with Crippen molar-refractivity contribution in [3.8, 4) is 0 Å². The molecule has 2 aliphatic rings. The van der Waals surface area contributed by atoms with Crippen molar-refractivity contribution in [1.82, 2.24) is 14.8 Å². The number of H-pyrrole nitrogens is 1.